The lowest BCUT2D eigenvalue weighted by Crippen LogP contribution is -2.43. The number of amides is 4. The standard InChI is InChI=1S/C8H11NO7S.C8H11NO4.C5H11NO.2C5H10O/c1-4(2)8(12)16-9-6(10)3-5(7(9)11)17(13,14)15;1-5(2)8(12)13-9-6(10)3-4-7(9)11;1-4(2)5(6)7-3;2*1-4(2)5(3)6/h4-5H,3H2,1-2H3,(H,13,14,15);5H,3-4H2,1-2H3;4,6H,1-3H3;2*4H,1-3H3. The molecule has 2 aliphatic rings. The molecule has 17 nitrogen and oxygen atoms in total. The van der Waals surface area contributed by atoms with Crippen LogP contribution in [0.2, 0.25) is 0 Å². The lowest BCUT2D eigenvalue weighted by molar-refractivity contribution is -0.199. The lowest BCUT2D eigenvalue weighted by atomic mass is 10.1. The number of nitrogens with two attached hydrogens (primary N) is 1. The minimum absolute atomic E-state index is 0.0441. The molecule has 0 saturated carbocycles. The molecule has 2 rings (SSSR count). The number of ketones is 2. The molecule has 2 aliphatic heterocycles. The first kappa shape index (κ1) is 49.3. The van der Waals surface area contributed by atoms with Crippen molar-refractivity contribution in [2.45, 2.75) is 108 Å². The molecule has 0 aromatic rings. The minimum Gasteiger partial charge on any atom is -0.747 e. The number of Topliss-reactive ketones (excluding diaryl/α,β-unsaturated/α-hetero) is 2. The first-order valence-electron chi connectivity index (χ1n) is 15.4. The zero-order valence-electron chi connectivity index (χ0n) is 30.7. The number of ether oxygens (including phenoxy) is 1. The highest BCUT2D eigenvalue weighted by molar-refractivity contribution is 7.87. The predicted molar refractivity (Wildman–Crippen MR) is 173 cm³/mol. The number of nitrogens with zero attached hydrogens (tertiary/aromatic N) is 2. The van der Waals surface area contributed by atoms with Crippen LogP contribution in [0.1, 0.15) is 102 Å². The average molecular weight is 724 g/mol. The van der Waals surface area contributed by atoms with Gasteiger partial charge in [0.2, 0.25) is 0 Å². The second-order valence-electron chi connectivity index (χ2n) is 12.2. The quantitative estimate of drug-likeness (QED) is 0.158. The fraction of sp³-hybridized carbons (Fsp3) is 0.710. The number of hydroxylamine groups is 4. The molecular formula is C31H53N3O14S. The Morgan fingerprint density at radius 3 is 1.20 bits per heavy atom. The van der Waals surface area contributed by atoms with Crippen molar-refractivity contribution in [3.05, 3.63) is 0 Å². The van der Waals surface area contributed by atoms with Gasteiger partial charge >= 0.3 is 17.8 Å². The van der Waals surface area contributed by atoms with Crippen LogP contribution in [0.3, 0.4) is 0 Å². The molecule has 0 bridgehead atoms. The van der Waals surface area contributed by atoms with E-state index in [1.807, 2.05) is 41.5 Å². The molecule has 0 spiro atoms. The second kappa shape index (κ2) is 23.3. The molecule has 0 aromatic heterocycles. The predicted octanol–water partition coefficient (Wildman–Crippen LogP) is 0.932. The van der Waals surface area contributed by atoms with E-state index in [1.165, 1.54) is 13.8 Å². The normalized spacial score (nSPS) is 15.4. The monoisotopic (exact) mass is 723 g/mol. The third-order valence-corrected chi connectivity index (χ3v) is 7.22. The Bertz CT molecular complexity index is 1270. The third-order valence-electron chi connectivity index (χ3n) is 6.15. The Kier molecular flexibility index (Phi) is 23.5. The van der Waals surface area contributed by atoms with Crippen LogP contribution in [0.15, 0.2) is 0 Å². The van der Waals surface area contributed by atoms with Crippen LogP contribution in [0.5, 0.6) is 0 Å². The molecule has 18 heteroatoms. The first-order chi connectivity index (χ1) is 22.1. The van der Waals surface area contributed by atoms with Crippen molar-refractivity contribution in [1.29, 1.82) is 0 Å². The third kappa shape index (κ3) is 20.8. The average Bonchev–Trinajstić information content (AvgIpc) is 3.45. The van der Waals surface area contributed by atoms with E-state index in [1.54, 1.807) is 34.8 Å². The van der Waals surface area contributed by atoms with E-state index in [4.69, 9.17) is 10.1 Å². The maximum Gasteiger partial charge on any atom is 0.335 e. The largest absolute Gasteiger partial charge is 0.747 e. The van der Waals surface area contributed by atoms with Crippen molar-refractivity contribution >= 4 is 63.1 Å². The van der Waals surface area contributed by atoms with Gasteiger partial charge in [0.1, 0.15) is 26.9 Å². The minimum atomic E-state index is -4.93. The second-order valence-corrected chi connectivity index (χ2v) is 13.8. The summed E-state index contributed by atoms with van der Waals surface area (Å²) >= 11 is 0. The summed E-state index contributed by atoms with van der Waals surface area (Å²) in [6.07, 6.45) is -0.537. The molecule has 2 fully saturated rings. The molecule has 2 saturated heterocycles. The summed E-state index contributed by atoms with van der Waals surface area (Å²) in [6.45, 7) is 20.9. The molecule has 282 valence electrons. The summed E-state index contributed by atoms with van der Waals surface area (Å²) in [5.74, 6) is -3.73. The highest BCUT2D eigenvalue weighted by atomic mass is 32.2. The molecule has 1 atom stereocenters. The van der Waals surface area contributed by atoms with Gasteiger partial charge in [-0.05, 0) is 27.7 Å². The summed E-state index contributed by atoms with van der Waals surface area (Å²) in [5.41, 5.74) is 0. The van der Waals surface area contributed by atoms with Crippen LogP contribution in [-0.4, -0.2) is 88.5 Å². The summed E-state index contributed by atoms with van der Waals surface area (Å²) in [5, 5.41) is 3.91. The molecule has 0 aliphatic carbocycles. The molecular weight excluding hydrogens is 670 g/mol. The molecule has 2 N–H and O–H groups in total. The van der Waals surface area contributed by atoms with Crippen LogP contribution in [0, 0.1) is 29.6 Å². The molecule has 0 aromatic carbocycles. The van der Waals surface area contributed by atoms with Crippen LogP contribution < -0.4 is 5.41 Å². The number of methoxy groups -OCH3 is 1. The van der Waals surface area contributed by atoms with E-state index in [2.05, 4.69) is 9.68 Å². The summed E-state index contributed by atoms with van der Waals surface area (Å²) in [4.78, 5) is 96.0. The number of carbonyl (C=O) groups is 8. The van der Waals surface area contributed by atoms with E-state index >= 15 is 0 Å². The molecule has 2 heterocycles. The Balaban J connectivity index is -0.000000583. The molecule has 1 unspecified atom stereocenters. The van der Waals surface area contributed by atoms with Gasteiger partial charge in [-0.3, -0.25) is 28.8 Å². The summed E-state index contributed by atoms with van der Waals surface area (Å²) < 4.78 is 36.7. The van der Waals surface area contributed by atoms with E-state index in [9.17, 15) is 51.3 Å². The van der Waals surface area contributed by atoms with E-state index in [-0.39, 0.29) is 47.2 Å². The van der Waals surface area contributed by atoms with Gasteiger partial charge in [-0.15, -0.1) is 10.1 Å². The SMILES string of the molecule is CC(=O)C(C)C.CC(=O)C(C)C.CC(C)C(=O)ON1C(=O)CC(S(=O)(=O)[O-])C1=O.CC(C)C(=O)ON1C(=O)CCC1=O.COC(=[NH2+])C(C)C. The topological polar surface area (TPSA) is 254 Å². The van der Waals surface area contributed by atoms with Gasteiger partial charge in [0.05, 0.1) is 31.3 Å². The lowest BCUT2D eigenvalue weighted by Gasteiger charge is -2.16. The number of imide groups is 2. The maximum absolute atomic E-state index is 11.4. The number of rotatable bonds is 8. The summed E-state index contributed by atoms with van der Waals surface area (Å²) in [6, 6.07) is 0. The first-order valence-corrected chi connectivity index (χ1v) is 16.9. The smallest absolute Gasteiger partial charge is 0.335 e. The maximum atomic E-state index is 11.4. The van der Waals surface area contributed by atoms with Crippen molar-refractivity contribution in [2.24, 2.45) is 29.6 Å². The molecule has 4 amide bonds. The van der Waals surface area contributed by atoms with Crippen molar-refractivity contribution in [1.82, 2.24) is 10.1 Å². The van der Waals surface area contributed by atoms with Crippen molar-refractivity contribution in [2.75, 3.05) is 7.11 Å². The fourth-order valence-corrected chi connectivity index (χ4v) is 2.88. The fourth-order valence-electron chi connectivity index (χ4n) is 2.19. The van der Waals surface area contributed by atoms with Gasteiger partial charge < -0.3 is 19.0 Å². The van der Waals surface area contributed by atoms with Gasteiger partial charge in [0, 0.05) is 24.7 Å². The van der Waals surface area contributed by atoms with E-state index in [0.29, 0.717) is 16.9 Å². The van der Waals surface area contributed by atoms with Gasteiger partial charge in [-0.25, -0.2) is 23.4 Å². The van der Waals surface area contributed by atoms with Crippen LogP contribution in [-0.2, 0) is 62.9 Å². The summed E-state index contributed by atoms with van der Waals surface area (Å²) in [7, 11) is -3.35. The Labute approximate surface area is 288 Å². The van der Waals surface area contributed by atoms with E-state index in [0.717, 1.165) is 0 Å². The van der Waals surface area contributed by atoms with Crippen LogP contribution in [0.25, 0.3) is 0 Å². The Hall–Kier alpha value is -4.06. The zero-order valence-corrected chi connectivity index (χ0v) is 31.5. The van der Waals surface area contributed by atoms with Crippen molar-refractivity contribution in [3.63, 3.8) is 0 Å². The van der Waals surface area contributed by atoms with Gasteiger partial charge in [-0.1, -0.05) is 55.4 Å². The van der Waals surface area contributed by atoms with Crippen molar-refractivity contribution in [3.8, 4) is 0 Å². The molecule has 49 heavy (non-hydrogen) atoms. The van der Waals surface area contributed by atoms with Crippen LogP contribution >= 0.6 is 0 Å². The van der Waals surface area contributed by atoms with Gasteiger partial charge in [0.15, 0.2) is 0 Å². The number of hydrogen-bond donors (Lipinski definition) is 1. The van der Waals surface area contributed by atoms with E-state index < -0.39 is 63.3 Å². The van der Waals surface area contributed by atoms with Gasteiger partial charge in [0.25, 0.3) is 23.6 Å². The number of hydrogen-bond acceptors (Lipinski definition) is 14. The zero-order chi connectivity index (χ0) is 39.6. The molecule has 0 radical (unpaired) electrons. The van der Waals surface area contributed by atoms with Crippen molar-refractivity contribution < 1.29 is 71.1 Å². The highest BCUT2D eigenvalue weighted by Gasteiger charge is 2.45. The Morgan fingerprint density at radius 2 is 1.00 bits per heavy atom. The highest BCUT2D eigenvalue weighted by Crippen LogP contribution is 2.20. The van der Waals surface area contributed by atoms with Crippen LogP contribution in [0.4, 0.5) is 0 Å². The van der Waals surface area contributed by atoms with Gasteiger partial charge in [-0.2, -0.15) is 0 Å². The number of carbonyl (C=O) groups excluding carboxylic acids is 8. The Morgan fingerprint density at radius 1 is 0.673 bits per heavy atom.